The van der Waals surface area contributed by atoms with Gasteiger partial charge in [-0.25, -0.2) is 0 Å². The molecule has 2 fully saturated rings. The first-order valence-electron chi connectivity index (χ1n) is 6.20. The number of likely N-dealkylation sites (tertiary alicyclic amines) is 1. The van der Waals surface area contributed by atoms with Crippen molar-refractivity contribution in [1.82, 2.24) is 10.2 Å². The van der Waals surface area contributed by atoms with E-state index >= 15 is 0 Å². The molecule has 3 unspecified atom stereocenters. The van der Waals surface area contributed by atoms with Gasteiger partial charge in [0.15, 0.2) is 0 Å². The molecule has 1 saturated carbocycles. The van der Waals surface area contributed by atoms with Crippen molar-refractivity contribution < 1.29 is 4.79 Å². The Balaban J connectivity index is 1.69. The van der Waals surface area contributed by atoms with Gasteiger partial charge in [-0.3, -0.25) is 4.79 Å². The number of carbonyl (C=O) groups excluding carboxylic acids is 1. The molecule has 3 heteroatoms. The van der Waals surface area contributed by atoms with Crippen molar-refractivity contribution in [3.8, 4) is 0 Å². The van der Waals surface area contributed by atoms with Crippen molar-refractivity contribution in [3.63, 3.8) is 0 Å². The summed E-state index contributed by atoms with van der Waals surface area (Å²) in [6.45, 7) is 7.21. The van der Waals surface area contributed by atoms with Crippen LogP contribution in [0, 0.1) is 11.8 Å². The number of hydrogen-bond donors (Lipinski definition) is 1. The Morgan fingerprint density at radius 2 is 2.07 bits per heavy atom. The zero-order chi connectivity index (χ0) is 10.8. The summed E-state index contributed by atoms with van der Waals surface area (Å²) in [4.78, 5) is 13.9. The normalized spacial score (nSPS) is 31.7. The van der Waals surface area contributed by atoms with E-state index in [9.17, 15) is 4.79 Å². The van der Waals surface area contributed by atoms with Crippen molar-refractivity contribution in [3.05, 3.63) is 0 Å². The predicted octanol–water partition coefficient (Wildman–Crippen LogP) is 1.24. The molecular formula is C12H22N2O. The van der Waals surface area contributed by atoms with Gasteiger partial charge in [-0.05, 0) is 44.6 Å². The maximum absolute atomic E-state index is 11.9. The van der Waals surface area contributed by atoms with Crippen molar-refractivity contribution in [2.45, 2.75) is 39.2 Å². The summed E-state index contributed by atoms with van der Waals surface area (Å²) in [6.07, 6.45) is 3.69. The average molecular weight is 210 g/mol. The number of nitrogens with zero attached hydrogens (tertiary/aromatic N) is 1. The molecule has 0 bridgehead atoms. The molecule has 2 rings (SSSR count). The molecule has 15 heavy (non-hydrogen) atoms. The molecule has 0 aromatic rings. The lowest BCUT2D eigenvalue weighted by Gasteiger charge is -2.21. The topological polar surface area (TPSA) is 32.3 Å². The molecule has 1 heterocycles. The summed E-state index contributed by atoms with van der Waals surface area (Å²) >= 11 is 0. The molecule has 2 aliphatic rings. The Bertz CT molecular complexity index is 236. The zero-order valence-electron chi connectivity index (χ0n) is 9.83. The van der Waals surface area contributed by atoms with E-state index in [0.29, 0.717) is 5.91 Å². The summed E-state index contributed by atoms with van der Waals surface area (Å²) in [5.74, 6) is 1.98. The first-order chi connectivity index (χ1) is 7.18. The summed E-state index contributed by atoms with van der Waals surface area (Å²) in [5.41, 5.74) is 0. The smallest absolute Gasteiger partial charge is 0.239 e. The third-order valence-corrected chi connectivity index (χ3v) is 3.75. The fourth-order valence-electron chi connectivity index (χ4n) is 2.31. The Kier molecular flexibility index (Phi) is 3.29. The lowest BCUT2D eigenvalue weighted by molar-refractivity contribution is -0.131. The summed E-state index contributed by atoms with van der Waals surface area (Å²) in [6, 6.07) is 0.0101. The molecule has 3 nitrogen and oxygen atoms in total. The summed E-state index contributed by atoms with van der Waals surface area (Å²) in [5, 5.41) is 3.36. The molecule has 0 aromatic carbocycles. The highest BCUT2D eigenvalue weighted by Crippen LogP contribution is 2.36. The molecule has 1 aliphatic carbocycles. The van der Waals surface area contributed by atoms with Gasteiger partial charge in [-0.2, -0.15) is 0 Å². The van der Waals surface area contributed by atoms with Crippen molar-refractivity contribution in [2.75, 3.05) is 19.6 Å². The molecular weight excluding hydrogens is 188 g/mol. The Hall–Kier alpha value is -0.570. The fourth-order valence-corrected chi connectivity index (χ4v) is 2.31. The van der Waals surface area contributed by atoms with E-state index in [2.05, 4.69) is 12.2 Å². The second-order valence-electron chi connectivity index (χ2n) is 5.14. The van der Waals surface area contributed by atoms with E-state index in [-0.39, 0.29) is 6.04 Å². The van der Waals surface area contributed by atoms with Crippen LogP contribution in [0.5, 0.6) is 0 Å². The second kappa shape index (κ2) is 4.52. The molecule has 1 amide bonds. The van der Waals surface area contributed by atoms with E-state index in [0.717, 1.165) is 31.5 Å². The Morgan fingerprint density at radius 1 is 1.47 bits per heavy atom. The lowest BCUT2D eigenvalue weighted by Crippen LogP contribution is -2.44. The third kappa shape index (κ3) is 2.71. The van der Waals surface area contributed by atoms with Gasteiger partial charge >= 0.3 is 0 Å². The number of amides is 1. The van der Waals surface area contributed by atoms with Crippen LogP contribution in [-0.2, 0) is 4.79 Å². The molecule has 0 aromatic heterocycles. The van der Waals surface area contributed by atoms with Gasteiger partial charge in [-0.1, -0.05) is 6.92 Å². The van der Waals surface area contributed by atoms with Crippen molar-refractivity contribution >= 4 is 5.91 Å². The fraction of sp³-hybridized carbons (Fsp3) is 0.917. The van der Waals surface area contributed by atoms with Crippen LogP contribution in [0.15, 0.2) is 0 Å². The quantitative estimate of drug-likeness (QED) is 0.757. The first kappa shape index (κ1) is 10.9. The molecule has 3 atom stereocenters. The van der Waals surface area contributed by atoms with E-state index in [1.165, 1.54) is 19.3 Å². The third-order valence-electron chi connectivity index (χ3n) is 3.75. The van der Waals surface area contributed by atoms with Crippen molar-refractivity contribution in [2.24, 2.45) is 11.8 Å². The highest BCUT2D eigenvalue weighted by molar-refractivity contribution is 5.81. The largest absolute Gasteiger partial charge is 0.341 e. The van der Waals surface area contributed by atoms with Gasteiger partial charge in [-0.15, -0.1) is 0 Å². The minimum Gasteiger partial charge on any atom is -0.341 e. The summed E-state index contributed by atoms with van der Waals surface area (Å²) < 4.78 is 0. The number of rotatable bonds is 4. The number of nitrogens with one attached hydrogen (secondary N) is 1. The highest BCUT2D eigenvalue weighted by Gasteiger charge is 2.33. The zero-order valence-corrected chi connectivity index (χ0v) is 9.83. The van der Waals surface area contributed by atoms with Crippen LogP contribution in [0.3, 0.4) is 0 Å². The number of hydrogen-bond acceptors (Lipinski definition) is 2. The molecule has 1 saturated heterocycles. The predicted molar refractivity (Wildman–Crippen MR) is 60.5 cm³/mol. The molecule has 1 aliphatic heterocycles. The van der Waals surface area contributed by atoms with E-state index in [1.54, 1.807) is 0 Å². The summed E-state index contributed by atoms with van der Waals surface area (Å²) in [7, 11) is 0. The Labute approximate surface area is 92.2 Å². The minimum atomic E-state index is 0.0101. The van der Waals surface area contributed by atoms with Crippen LogP contribution in [0.1, 0.15) is 33.1 Å². The van der Waals surface area contributed by atoms with Crippen LogP contribution in [0.25, 0.3) is 0 Å². The maximum Gasteiger partial charge on any atom is 0.239 e. The monoisotopic (exact) mass is 210 g/mol. The average Bonchev–Trinajstić information content (AvgIpc) is 2.71. The molecule has 0 spiro atoms. The minimum absolute atomic E-state index is 0.0101. The van der Waals surface area contributed by atoms with Crippen LogP contribution in [0.2, 0.25) is 0 Å². The number of carbonyl (C=O) groups is 1. The van der Waals surface area contributed by atoms with E-state index in [1.807, 2.05) is 11.8 Å². The highest BCUT2D eigenvalue weighted by atomic mass is 16.2. The molecule has 0 radical (unpaired) electrons. The SMILES string of the molecule is CC(NCC1CC1C)C(=O)N1CCCC1. The maximum atomic E-state index is 11.9. The van der Waals surface area contributed by atoms with Crippen LogP contribution < -0.4 is 5.32 Å². The van der Waals surface area contributed by atoms with Gasteiger partial charge in [0, 0.05) is 13.1 Å². The molecule has 1 N–H and O–H groups in total. The van der Waals surface area contributed by atoms with Gasteiger partial charge < -0.3 is 10.2 Å². The second-order valence-corrected chi connectivity index (χ2v) is 5.14. The molecule has 86 valence electrons. The van der Waals surface area contributed by atoms with Gasteiger partial charge in [0.1, 0.15) is 0 Å². The van der Waals surface area contributed by atoms with E-state index < -0.39 is 0 Å². The van der Waals surface area contributed by atoms with Gasteiger partial charge in [0.2, 0.25) is 5.91 Å². The standard InChI is InChI=1S/C12H22N2O/c1-9-7-11(9)8-13-10(2)12(15)14-5-3-4-6-14/h9-11,13H,3-8H2,1-2H3. The van der Waals surface area contributed by atoms with Gasteiger partial charge in [0.25, 0.3) is 0 Å². The van der Waals surface area contributed by atoms with Crippen molar-refractivity contribution in [1.29, 1.82) is 0 Å². The van der Waals surface area contributed by atoms with Crippen LogP contribution >= 0.6 is 0 Å². The van der Waals surface area contributed by atoms with Crippen LogP contribution in [-0.4, -0.2) is 36.5 Å². The van der Waals surface area contributed by atoms with E-state index in [4.69, 9.17) is 0 Å². The Morgan fingerprint density at radius 3 is 2.60 bits per heavy atom. The van der Waals surface area contributed by atoms with Crippen LogP contribution in [0.4, 0.5) is 0 Å². The van der Waals surface area contributed by atoms with Gasteiger partial charge in [0.05, 0.1) is 6.04 Å². The first-order valence-corrected chi connectivity index (χ1v) is 6.20. The lowest BCUT2D eigenvalue weighted by atomic mass is 10.2.